The van der Waals surface area contributed by atoms with Gasteiger partial charge in [0.2, 0.25) is 0 Å². The molecular weight excluding hydrogens is 501 g/mol. The van der Waals surface area contributed by atoms with Gasteiger partial charge in [0.1, 0.15) is 0 Å². The number of hydrogen-bond donors (Lipinski definition) is 2. The summed E-state index contributed by atoms with van der Waals surface area (Å²) in [6.07, 6.45) is -1.99. The number of guanidine groups is 1. The molecule has 0 spiro atoms. The van der Waals surface area contributed by atoms with Crippen molar-refractivity contribution in [2.45, 2.75) is 25.2 Å². The first-order valence-corrected chi connectivity index (χ1v) is 8.85. The number of nitrogens with one attached hydrogen (secondary N) is 2. The largest absolute Gasteiger partial charge is 0.416 e. The van der Waals surface area contributed by atoms with Crippen LogP contribution >= 0.6 is 24.0 Å². The fourth-order valence-corrected chi connectivity index (χ4v) is 3.07. The molecule has 29 heavy (non-hydrogen) atoms. The zero-order valence-corrected chi connectivity index (χ0v) is 18.0. The van der Waals surface area contributed by atoms with Crippen LogP contribution in [0.15, 0.2) is 47.6 Å². The van der Waals surface area contributed by atoms with E-state index >= 15 is 0 Å². The lowest BCUT2D eigenvalue weighted by Crippen LogP contribution is -2.44. The van der Waals surface area contributed by atoms with Gasteiger partial charge in [-0.05, 0) is 36.2 Å². The average Bonchev–Trinajstić information content (AvgIpc) is 3.13. The fourth-order valence-electron chi connectivity index (χ4n) is 3.07. The highest BCUT2D eigenvalue weighted by Gasteiger charge is 2.30. The molecule has 1 aromatic carbocycles. The molecule has 3 rings (SSSR count). The van der Waals surface area contributed by atoms with Crippen molar-refractivity contribution in [2.75, 3.05) is 25.0 Å². The van der Waals surface area contributed by atoms with Crippen molar-refractivity contribution in [1.29, 1.82) is 0 Å². The van der Waals surface area contributed by atoms with Crippen LogP contribution in [0.3, 0.4) is 0 Å². The van der Waals surface area contributed by atoms with E-state index in [9.17, 15) is 17.6 Å². The summed E-state index contributed by atoms with van der Waals surface area (Å²) in [5, 5.41) is 6.34. The van der Waals surface area contributed by atoms with Gasteiger partial charge in [-0.3, -0.25) is 4.99 Å². The van der Waals surface area contributed by atoms with Crippen LogP contribution in [0.2, 0.25) is 0 Å². The highest BCUT2D eigenvalue weighted by atomic mass is 127. The first-order chi connectivity index (χ1) is 13.4. The molecule has 0 saturated carbocycles. The molecule has 2 heterocycles. The van der Waals surface area contributed by atoms with E-state index < -0.39 is 11.7 Å². The third-order valence-electron chi connectivity index (χ3n) is 4.53. The van der Waals surface area contributed by atoms with Gasteiger partial charge >= 0.3 is 6.18 Å². The van der Waals surface area contributed by atoms with Crippen LogP contribution in [0, 0.1) is 5.82 Å². The zero-order chi connectivity index (χ0) is 20.1. The summed E-state index contributed by atoms with van der Waals surface area (Å²) in [5.41, 5.74) is 0.0334. The topological polar surface area (TPSA) is 52.6 Å². The Balaban J connectivity index is 0.00000300. The van der Waals surface area contributed by atoms with E-state index in [2.05, 4.69) is 20.6 Å². The van der Waals surface area contributed by atoms with Gasteiger partial charge < -0.3 is 15.5 Å². The molecule has 0 bridgehead atoms. The maximum atomic E-state index is 13.9. The Morgan fingerprint density at radius 2 is 1.97 bits per heavy atom. The van der Waals surface area contributed by atoms with Gasteiger partial charge in [-0.15, -0.1) is 24.0 Å². The van der Waals surface area contributed by atoms with Crippen molar-refractivity contribution < 1.29 is 17.6 Å². The summed E-state index contributed by atoms with van der Waals surface area (Å²) >= 11 is 0. The number of anilines is 1. The Morgan fingerprint density at radius 1 is 1.24 bits per heavy atom. The highest BCUT2D eigenvalue weighted by molar-refractivity contribution is 14.0. The van der Waals surface area contributed by atoms with E-state index in [1.165, 1.54) is 18.2 Å². The summed E-state index contributed by atoms with van der Waals surface area (Å²) < 4.78 is 51.7. The number of aromatic nitrogens is 1. The molecule has 2 aromatic rings. The Hall–Kier alpha value is -2.11. The zero-order valence-electron chi connectivity index (χ0n) is 15.7. The fraction of sp³-hybridized carbons (Fsp3) is 0.368. The molecule has 1 aliphatic heterocycles. The standard InChI is InChI=1S/C19H21F4N5.HI/c1-24-18(26-11-13-4-6-14(7-5-13)19(21,22)23)27-15-8-10-28(12-15)17-16(20)3-2-9-25-17;/h2-7,9,15H,8,10-12H2,1H3,(H2,24,26,27);1H. The van der Waals surface area contributed by atoms with Crippen LogP contribution in [-0.4, -0.2) is 37.1 Å². The summed E-state index contributed by atoms with van der Waals surface area (Å²) in [7, 11) is 1.62. The maximum Gasteiger partial charge on any atom is 0.416 e. The monoisotopic (exact) mass is 523 g/mol. The lowest BCUT2D eigenvalue weighted by molar-refractivity contribution is -0.137. The summed E-state index contributed by atoms with van der Waals surface area (Å²) in [5.74, 6) is 0.515. The number of nitrogens with zero attached hydrogens (tertiary/aromatic N) is 3. The van der Waals surface area contributed by atoms with E-state index in [-0.39, 0.29) is 35.8 Å². The third kappa shape index (κ3) is 6.18. The van der Waals surface area contributed by atoms with E-state index in [0.29, 0.717) is 37.0 Å². The van der Waals surface area contributed by atoms with Gasteiger partial charge in [0, 0.05) is 38.9 Å². The second-order valence-electron chi connectivity index (χ2n) is 6.51. The Morgan fingerprint density at radius 3 is 2.59 bits per heavy atom. The van der Waals surface area contributed by atoms with E-state index in [1.54, 1.807) is 19.3 Å². The first kappa shape index (κ1) is 23.2. The van der Waals surface area contributed by atoms with Crippen LogP contribution < -0.4 is 15.5 Å². The number of halogens is 5. The van der Waals surface area contributed by atoms with Gasteiger partial charge in [-0.25, -0.2) is 9.37 Å². The molecule has 1 aromatic heterocycles. The first-order valence-electron chi connectivity index (χ1n) is 8.85. The number of pyridine rings is 1. The number of alkyl halides is 3. The molecule has 5 nitrogen and oxygen atoms in total. The Bertz CT molecular complexity index is 826. The number of aliphatic imine (C=N–C) groups is 1. The predicted octanol–water partition coefficient (Wildman–Crippen LogP) is 3.80. The van der Waals surface area contributed by atoms with Crippen molar-refractivity contribution in [1.82, 2.24) is 15.6 Å². The number of hydrogen-bond acceptors (Lipinski definition) is 3. The summed E-state index contributed by atoms with van der Waals surface area (Å²) in [6, 6.07) is 7.98. The predicted molar refractivity (Wildman–Crippen MR) is 115 cm³/mol. The minimum atomic E-state index is -4.34. The van der Waals surface area contributed by atoms with Crippen LogP contribution in [0.5, 0.6) is 0 Å². The molecule has 1 saturated heterocycles. The molecule has 10 heteroatoms. The van der Waals surface area contributed by atoms with E-state index in [0.717, 1.165) is 18.6 Å². The Kier molecular flexibility index (Phi) is 8.05. The second kappa shape index (κ2) is 10.1. The van der Waals surface area contributed by atoms with Crippen molar-refractivity contribution >= 4 is 35.8 Å². The molecule has 2 N–H and O–H groups in total. The van der Waals surface area contributed by atoms with Crippen molar-refractivity contribution in [2.24, 2.45) is 4.99 Å². The van der Waals surface area contributed by atoms with Gasteiger partial charge in [0.15, 0.2) is 17.6 Å². The van der Waals surface area contributed by atoms with E-state index in [1.807, 2.05) is 4.90 Å². The van der Waals surface area contributed by atoms with Gasteiger partial charge in [-0.1, -0.05) is 12.1 Å². The second-order valence-corrected chi connectivity index (χ2v) is 6.51. The molecule has 158 valence electrons. The SMILES string of the molecule is CN=C(NCc1ccc(C(F)(F)F)cc1)NC1CCN(c2ncccc2F)C1.I. The van der Waals surface area contributed by atoms with Gasteiger partial charge in [-0.2, -0.15) is 13.2 Å². The minimum absolute atomic E-state index is 0. The Labute approximate surface area is 183 Å². The molecule has 1 aliphatic rings. The molecular formula is C19H22F4IN5. The molecule has 0 aliphatic carbocycles. The smallest absolute Gasteiger partial charge is 0.352 e. The maximum absolute atomic E-state index is 13.9. The summed E-state index contributed by atoms with van der Waals surface area (Å²) in [6.45, 7) is 1.58. The van der Waals surface area contributed by atoms with Crippen molar-refractivity contribution in [3.8, 4) is 0 Å². The lowest BCUT2D eigenvalue weighted by Gasteiger charge is -2.20. The van der Waals surface area contributed by atoms with Crippen LogP contribution in [-0.2, 0) is 12.7 Å². The van der Waals surface area contributed by atoms with Gasteiger partial charge in [0.05, 0.1) is 5.56 Å². The van der Waals surface area contributed by atoms with Crippen LogP contribution in [0.25, 0.3) is 0 Å². The number of benzene rings is 1. The van der Waals surface area contributed by atoms with Crippen LogP contribution in [0.4, 0.5) is 23.4 Å². The normalized spacial score (nSPS) is 17.1. The quantitative estimate of drug-likeness (QED) is 0.277. The molecule has 0 radical (unpaired) electrons. The van der Waals surface area contributed by atoms with Crippen molar-refractivity contribution in [3.63, 3.8) is 0 Å². The van der Waals surface area contributed by atoms with Crippen LogP contribution in [0.1, 0.15) is 17.5 Å². The minimum Gasteiger partial charge on any atom is -0.352 e. The molecule has 1 fully saturated rings. The summed E-state index contributed by atoms with van der Waals surface area (Å²) in [4.78, 5) is 10.1. The average molecular weight is 523 g/mol. The van der Waals surface area contributed by atoms with Gasteiger partial charge in [0.25, 0.3) is 0 Å². The van der Waals surface area contributed by atoms with Crippen molar-refractivity contribution in [3.05, 3.63) is 59.5 Å². The van der Waals surface area contributed by atoms with E-state index in [4.69, 9.17) is 0 Å². The molecule has 0 amide bonds. The lowest BCUT2D eigenvalue weighted by atomic mass is 10.1. The molecule has 1 atom stereocenters. The number of rotatable bonds is 4. The highest BCUT2D eigenvalue weighted by Crippen LogP contribution is 2.29. The third-order valence-corrected chi connectivity index (χ3v) is 4.53. The molecule has 1 unspecified atom stereocenters.